The fourth-order valence-corrected chi connectivity index (χ4v) is 4.19. The molecule has 0 amide bonds. The van der Waals surface area contributed by atoms with Crippen molar-refractivity contribution in [3.8, 4) is 0 Å². The lowest BCUT2D eigenvalue weighted by molar-refractivity contribution is -0.140. The summed E-state index contributed by atoms with van der Waals surface area (Å²) in [7, 11) is -2.60. The van der Waals surface area contributed by atoms with Gasteiger partial charge in [0.1, 0.15) is 0 Å². The number of carboxylic acids is 1. The van der Waals surface area contributed by atoms with Crippen molar-refractivity contribution in [1.82, 2.24) is 4.31 Å². The first-order chi connectivity index (χ1) is 9.70. The minimum Gasteiger partial charge on any atom is -0.481 e. The molecule has 3 unspecified atom stereocenters. The zero-order chi connectivity index (χ0) is 16.2. The lowest BCUT2D eigenvalue weighted by Crippen LogP contribution is -2.47. The second kappa shape index (κ2) is 7.22. The number of hydrogen-bond acceptors (Lipinski definition) is 5. The number of sulfonamides is 1. The molecule has 1 heterocycles. The van der Waals surface area contributed by atoms with Gasteiger partial charge in [-0.25, -0.2) is 12.7 Å². The van der Waals surface area contributed by atoms with Crippen LogP contribution >= 0.6 is 0 Å². The molecule has 0 aliphatic carbocycles. The highest BCUT2D eigenvalue weighted by atomic mass is 32.2. The molecule has 7 nitrogen and oxygen atoms in total. The number of carbonyl (C=O) groups is 2. The fourth-order valence-electron chi connectivity index (χ4n) is 2.62. The van der Waals surface area contributed by atoms with Crippen LogP contribution in [0.3, 0.4) is 0 Å². The molecule has 0 aromatic heterocycles. The lowest BCUT2D eigenvalue weighted by Gasteiger charge is -2.35. The molecule has 1 aliphatic rings. The van der Waals surface area contributed by atoms with E-state index in [-0.39, 0.29) is 24.8 Å². The molecule has 1 rings (SSSR count). The number of carboxylic acid groups (broad SMARTS) is 1. The topological polar surface area (TPSA) is 101 Å². The minimum atomic E-state index is -3.76. The Hall–Kier alpha value is -1.15. The van der Waals surface area contributed by atoms with E-state index < -0.39 is 27.2 Å². The standard InChI is InChI=1S/C13H23NO6S/c1-9(7-12(15)16)11-5-4-6-14(8-11)21(18,19)10(2)13(17)20-3/h9-11H,4-8H2,1-3H3,(H,15,16). The highest BCUT2D eigenvalue weighted by Crippen LogP contribution is 2.28. The summed E-state index contributed by atoms with van der Waals surface area (Å²) in [6.07, 6.45) is 1.49. The van der Waals surface area contributed by atoms with Crippen LogP contribution in [0.1, 0.15) is 33.1 Å². The average molecular weight is 321 g/mol. The number of carbonyl (C=O) groups excluding carboxylic acids is 1. The third-order valence-electron chi connectivity index (χ3n) is 4.06. The van der Waals surface area contributed by atoms with Crippen molar-refractivity contribution in [2.75, 3.05) is 20.2 Å². The Balaban J connectivity index is 2.80. The van der Waals surface area contributed by atoms with Crippen LogP contribution in [0.5, 0.6) is 0 Å². The summed E-state index contributed by atoms with van der Waals surface area (Å²) in [5.74, 6) is -1.77. The molecule has 1 saturated heterocycles. The Morgan fingerprint density at radius 2 is 2.00 bits per heavy atom. The molecule has 0 bridgehead atoms. The van der Waals surface area contributed by atoms with Crippen molar-refractivity contribution in [3.63, 3.8) is 0 Å². The maximum absolute atomic E-state index is 12.4. The van der Waals surface area contributed by atoms with Gasteiger partial charge in [-0.1, -0.05) is 6.92 Å². The van der Waals surface area contributed by atoms with Gasteiger partial charge in [-0.3, -0.25) is 9.59 Å². The summed E-state index contributed by atoms with van der Waals surface area (Å²) in [5, 5.41) is 7.60. The van der Waals surface area contributed by atoms with Crippen LogP contribution in [-0.4, -0.2) is 55.2 Å². The van der Waals surface area contributed by atoms with Gasteiger partial charge in [-0.15, -0.1) is 0 Å². The molecule has 0 radical (unpaired) electrons. The second-order valence-corrected chi connectivity index (χ2v) is 7.80. The molecule has 1 fully saturated rings. The van der Waals surface area contributed by atoms with Crippen LogP contribution in [-0.2, 0) is 24.3 Å². The van der Waals surface area contributed by atoms with Gasteiger partial charge in [0.25, 0.3) is 0 Å². The summed E-state index contributed by atoms with van der Waals surface area (Å²) < 4.78 is 30.6. The molecule has 8 heteroatoms. The van der Waals surface area contributed by atoms with E-state index in [0.29, 0.717) is 13.0 Å². The highest BCUT2D eigenvalue weighted by Gasteiger charge is 2.38. The third-order valence-corrected chi connectivity index (χ3v) is 6.20. The van der Waals surface area contributed by atoms with E-state index in [0.717, 1.165) is 13.5 Å². The summed E-state index contributed by atoms with van der Waals surface area (Å²) >= 11 is 0. The largest absolute Gasteiger partial charge is 0.481 e. The van der Waals surface area contributed by atoms with Crippen LogP contribution in [0.4, 0.5) is 0 Å². The van der Waals surface area contributed by atoms with Crippen LogP contribution in [0.15, 0.2) is 0 Å². The highest BCUT2D eigenvalue weighted by molar-refractivity contribution is 7.90. The molecule has 1 aliphatic heterocycles. The number of methoxy groups -OCH3 is 1. The summed E-state index contributed by atoms with van der Waals surface area (Å²) in [5.41, 5.74) is 0. The van der Waals surface area contributed by atoms with Crippen molar-refractivity contribution in [1.29, 1.82) is 0 Å². The fraction of sp³-hybridized carbons (Fsp3) is 0.846. The Kier molecular flexibility index (Phi) is 6.15. The predicted octanol–water partition coefficient (Wildman–Crippen LogP) is 0.700. The number of hydrogen-bond donors (Lipinski definition) is 1. The molecule has 1 N–H and O–H groups in total. The number of ether oxygens (including phenoxy) is 1. The molecule has 0 spiro atoms. The van der Waals surface area contributed by atoms with Crippen LogP contribution in [0, 0.1) is 11.8 Å². The predicted molar refractivity (Wildman–Crippen MR) is 76.1 cm³/mol. The van der Waals surface area contributed by atoms with Gasteiger partial charge in [0, 0.05) is 19.5 Å². The van der Waals surface area contributed by atoms with Crippen molar-refractivity contribution in [2.24, 2.45) is 11.8 Å². The molecule has 122 valence electrons. The van der Waals surface area contributed by atoms with E-state index in [1.165, 1.54) is 11.2 Å². The molecule has 0 saturated carbocycles. The van der Waals surface area contributed by atoms with Gasteiger partial charge < -0.3 is 9.84 Å². The lowest BCUT2D eigenvalue weighted by atomic mass is 9.85. The van der Waals surface area contributed by atoms with Gasteiger partial charge in [0.05, 0.1) is 7.11 Å². The van der Waals surface area contributed by atoms with Crippen molar-refractivity contribution < 1.29 is 27.9 Å². The zero-order valence-corrected chi connectivity index (χ0v) is 13.4. The van der Waals surface area contributed by atoms with Gasteiger partial charge >= 0.3 is 11.9 Å². The van der Waals surface area contributed by atoms with Crippen molar-refractivity contribution in [2.45, 2.75) is 38.4 Å². The van der Waals surface area contributed by atoms with E-state index in [4.69, 9.17) is 5.11 Å². The van der Waals surface area contributed by atoms with Crippen molar-refractivity contribution in [3.05, 3.63) is 0 Å². The quantitative estimate of drug-likeness (QED) is 0.723. The van der Waals surface area contributed by atoms with Gasteiger partial charge in [0.15, 0.2) is 5.25 Å². The molecule has 0 aromatic carbocycles. The molecular weight excluding hydrogens is 298 g/mol. The first-order valence-electron chi connectivity index (χ1n) is 6.98. The Morgan fingerprint density at radius 3 is 2.52 bits per heavy atom. The number of rotatable bonds is 6. The monoisotopic (exact) mass is 321 g/mol. The zero-order valence-electron chi connectivity index (χ0n) is 12.6. The molecule has 3 atom stereocenters. The number of piperidine rings is 1. The number of esters is 1. The van der Waals surface area contributed by atoms with Gasteiger partial charge in [-0.05, 0) is 31.6 Å². The maximum Gasteiger partial charge on any atom is 0.325 e. The Morgan fingerprint density at radius 1 is 1.38 bits per heavy atom. The molecule has 0 aromatic rings. The molecule has 21 heavy (non-hydrogen) atoms. The summed E-state index contributed by atoms with van der Waals surface area (Å²) in [4.78, 5) is 22.2. The second-order valence-electron chi connectivity index (χ2n) is 5.55. The van der Waals surface area contributed by atoms with Gasteiger partial charge in [0.2, 0.25) is 10.0 Å². The SMILES string of the molecule is COC(=O)C(C)S(=O)(=O)N1CCCC(C(C)CC(=O)O)C1. The normalized spacial score (nSPS) is 23.3. The summed E-state index contributed by atoms with van der Waals surface area (Å²) in [6.45, 7) is 3.75. The van der Waals surface area contributed by atoms with Crippen molar-refractivity contribution >= 4 is 22.0 Å². The van der Waals surface area contributed by atoms with E-state index in [9.17, 15) is 18.0 Å². The first kappa shape index (κ1) is 17.9. The third kappa shape index (κ3) is 4.41. The van der Waals surface area contributed by atoms with Crippen LogP contribution in [0.25, 0.3) is 0 Å². The average Bonchev–Trinajstić information content (AvgIpc) is 2.45. The van der Waals surface area contributed by atoms with Crippen LogP contribution in [0.2, 0.25) is 0 Å². The number of aliphatic carboxylic acids is 1. The van der Waals surface area contributed by atoms with E-state index >= 15 is 0 Å². The van der Waals surface area contributed by atoms with E-state index in [1.807, 2.05) is 6.92 Å². The van der Waals surface area contributed by atoms with Gasteiger partial charge in [-0.2, -0.15) is 0 Å². The minimum absolute atomic E-state index is 0.00512. The van der Waals surface area contributed by atoms with Crippen LogP contribution < -0.4 is 0 Å². The Labute approximate surface area is 125 Å². The smallest absolute Gasteiger partial charge is 0.325 e. The molecular formula is C13H23NO6S. The Bertz CT molecular complexity index is 489. The summed E-state index contributed by atoms with van der Waals surface area (Å²) in [6, 6.07) is 0. The number of nitrogens with zero attached hydrogens (tertiary/aromatic N) is 1. The maximum atomic E-state index is 12.4. The van der Waals surface area contributed by atoms with E-state index in [2.05, 4.69) is 4.74 Å². The first-order valence-corrected chi connectivity index (χ1v) is 8.49. The van der Waals surface area contributed by atoms with E-state index in [1.54, 1.807) is 0 Å².